The number of carbonyl (C=O) groups excluding carboxylic acids is 1. The van der Waals surface area contributed by atoms with Crippen LogP contribution in [0.5, 0.6) is 0 Å². The van der Waals surface area contributed by atoms with E-state index in [0.717, 1.165) is 43.5 Å². The number of benzene rings is 1. The lowest BCUT2D eigenvalue weighted by Gasteiger charge is -2.32. The average molecular weight is 473 g/mol. The topological polar surface area (TPSA) is 73.0 Å². The maximum absolute atomic E-state index is 13.4. The first kappa shape index (κ1) is 21.7. The van der Waals surface area contributed by atoms with Gasteiger partial charge in [-0.05, 0) is 50.2 Å². The SMILES string of the molecule is CCN1CCC[C@H]1CN(CC(=O)N1CCNCC1)S(=O)(=O)c1ccc(Br)cc1. The van der Waals surface area contributed by atoms with Crippen LogP contribution in [0, 0.1) is 0 Å². The first-order chi connectivity index (χ1) is 13.4. The van der Waals surface area contributed by atoms with Gasteiger partial charge in [-0.1, -0.05) is 22.9 Å². The van der Waals surface area contributed by atoms with Crippen LogP contribution in [0.1, 0.15) is 19.8 Å². The van der Waals surface area contributed by atoms with Gasteiger partial charge in [0.05, 0.1) is 11.4 Å². The number of nitrogens with one attached hydrogen (secondary N) is 1. The summed E-state index contributed by atoms with van der Waals surface area (Å²) in [4.78, 5) is 17.1. The van der Waals surface area contributed by atoms with Crippen molar-refractivity contribution in [3.8, 4) is 0 Å². The molecule has 28 heavy (non-hydrogen) atoms. The number of amides is 1. The summed E-state index contributed by atoms with van der Waals surface area (Å²) in [5.41, 5.74) is 0. The molecule has 0 aliphatic carbocycles. The van der Waals surface area contributed by atoms with Crippen molar-refractivity contribution < 1.29 is 13.2 Å². The predicted molar refractivity (Wildman–Crippen MR) is 113 cm³/mol. The van der Waals surface area contributed by atoms with E-state index in [1.807, 2.05) is 0 Å². The molecule has 0 bridgehead atoms. The third kappa shape index (κ3) is 5.13. The highest BCUT2D eigenvalue weighted by molar-refractivity contribution is 9.10. The number of sulfonamides is 1. The van der Waals surface area contributed by atoms with E-state index < -0.39 is 10.0 Å². The molecule has 1 amide bonds. The third-order valence-electron chi connectivity index (χ3n) is 5.55. The van der Waals surface area contributed by atoms with Gasteiger partial charge in [-0.25, -0.2) is 8.42 Å². The number of halogens is 1. The number of piperazine rings is 1. The van der Waals surface area contributed by atoms with Crippen LogP contribution >= 0.6 is 15.9 Å². The minimum atomic E-state index is -3.75. The van der Waals surface area contributed by atoms with E-state index >= 15 is 0 Å². The molecule has 0 radical (unpaired) electrons. The molecule has 3 rings (SSSR count). The fourth-order valence-electron chi connectivity index (χ4n) is 3.92. The Balaban J connectivity index is 1.82. The van der Waals surface area contributed by atoms with E-state index in [-0.39, 0.29) is 23.4 Å². The van der Waals surface area contributed by atoms with Crippen LogP contribution in [0.2, 0.25) is 0 Å². The Morgan fingerprint density at radius 1 is 1.21 bits per heavy atom. The van der Waals surface area contributed by atoms with Crippen molar-refractivity contribution in [2.75, 3.05) is 52.4 Å². The van der Waals surface area contributed by atoms with Gasteiger partial charge in [0, 0.05) is 43.2 Å². The lowest BCUT2D eigenvalue weighted by molar-refractivity contribution is -0.132. The van der Waals surface area contributed by atoms with Crippen LogP contribution in [0.3, 0.4) is 0 Å². The Labute approximate surface area is 176 Å². The molecule has 2 fully saturated rings. The molecule has 0 saturated carbocycles. The summed E-state index contributed by atoms with van der Waals surface area (Å²) < 4.78 is 28.9. The van der Waals surface area contributed by atoms with Gasteiger partial charge in [0.1, 0.15) is 0 Å². The number of hydrogen-bond donors (Lipinski definition) is 1. The fourth-order valence-corrected chi connectivity index (χ4v) is 5.61. The molecular formula is C19H29BrN4O3S. The van der Waals surface area contributed by atoms with Crippen molar-refractivity contribution in [1.29, 1.82) is 0 Å². The van der Waals surface area contributed by atoms with Crippen molar-refractivity contribution in [3.63, 3.8) is 0 Å². The maximum atomic E-state index is 13.4. The second-order valence-corrected chi connectivity index (χ2v) is 10.2. The molecule has 0 aromatic heterocycles. The Hall–Kier alpha value is -1.00. The van der Waals surface area contributed by atoms with Gasteiger partial charge in [0.15, 0.2) is 0 Å². The Bertz CT molecular complexity index is 766. The highest BCUT2D eigenvalue weighted by atomic mass is 79.9. The lowest BCUT2D eigenvalue weighted by atomic mass is 10.2. The highest BCUT2D eigenvalue weighted by Gasteiger charge is 2.33. The number of rotatable bonds is 7. The molecule has 2 saturated heterocycles. The molecule has 156 valence electrons. The van der Waals surface area contributed by atoms with E-state index in [2.05, 4.69) is 33.1 Å². The van der Waals surface area contributed by atoms with Gasteiger partial charge >= 0.3 is 0 Å². The Morgan fingerprint density at radius 2 is 1.89 bits per heavy atom. The Kier molecular flexibility index (Phi) is 7.49. The van der Waals surface area contributed by atoms with Crippen LogP contribution in [0.25, 0.3) is 0 Å². The number of likely N-dealkylation sites (N-methyl/N-ethyl adjacent to an activating group) is 1. The molecule has 1 N–H and O–H groups in total. The van der Waals surface area contributed by atoms with Crippen LogP contribution in [0.4, 0.5) is 0 Å². The molecule has 0 spiro atoms. The summed E-state index contributed by atoms with van der Waals surface area (Å²) in [5.74, 6) is -0.122. The predicted octanol–water partition coefficient (Wildman–Crippen LogP) is 1.36. The molecule has 0 unspecified atom stereocenters. The van der Waals surface area contributed by atoms with Crippen molar-refractivity contribution in [2.24, 2.45) is 0 Å². The second-order valence-electron chi connectivity index (χ2n) is 7.31. The van der Waals surface area contributed by atoms with Gasteiger partial charge < -0.3 is 10.2 Å². The van der Waals surface area contributed by atoms with Gasteiger partial charge in [-0.3, -0.25) is 9.69 Å². The fraction of sp³-hybridized carbons (Fsp3) is 0.632. The van der Waals surface area contributed by atoms with Gasteiger partial charge in [-0.15, -0.1) is 0 Å². The molecule has 1 atom stereocenters. The summed E-state index contributed by atoms with van der Waals surface area (Å²) >= 11 is 3.35. The molecule has 9 heteroatoms. The van der Waals surface area contributed by atoms with Gasteiger partial charge in [0.25, 0.3) is 0 Å². The zero-order valence-corrected chi connectivity index (χ0v) is 18.7. The molecule has 2 aliphatic rings. The van der Waals surface area contributed by atoms with Crippen molar-refractivity contribution in [3.05, 3.63) is 28.7 Å². The van der Waals surface area contributed by atoms with Crippen LogP contribution < -0.4 is 5.32 Å². The number of likely N-dealkylation sites (tertiary alicyclic amines) is 1. The number of hydrogen-bond acceptors (Lipinski definition) is 5. The zero-order valence-electron chi connectivity index (χ0n) is 16.3. The van der Waals surface area contributed by atoms with E-state index in [1.165, 1.54) is 4.31 Å². The van der Waals surface area contributed by atoms with Crippen LogP contribution in [0.15, 0.2) is 33.6 Å². The largest absolute Gasteiger partial charge is 0.339 e. The van der Waals surface area contributed by atoms with E-state index in [4.69, 9.17) is 0 Å². The molecule has 1 aromatic carbocycles. The molecule has 7 nitrogen and oxygen atoms in total. The molecule has 2 aliphatic heterocycles. The molecule has 2 heterocycles. The quantitative estimate of drug-likeness (QED) is 0.648. The van der Waals surface area contributed by atoms with Gasteiger partial charge in [-0.2, -0.15) is 4.31 Å². The van der Waals surface area contributed by atoms with Crippen molar-refractivity contribution >= 4 is 31.9 Å². The lowest BCUT2D eigenvalue weighted by Crippen LogP contribution is -2.52. The first-order valence-electron chi connectivity index (χ1n) is 9.90. The normalized spacial score (nSPS) is 21.4. The summed E-state index contributed by atoms with van der Waals surface area (Å²) in [6, 6.07) is 6.78. The van der Waals surface area contributed by atoms with Crippen LogP contribution in [-0.2, 0) is 14.8 Å². The van der Waals surface area contributed by atoms with E-state index in [9.17, 15) is 13.2 Å². The summed E-state index contributed by atoms with van der Waals surface area (Å²) in [6.07, 6.45) is 2.03. The summed E-state index contributed by atoms with van der Waals surface area (Å²) in [6.45, 7) is 6.95. The third-order valence-corrected chi connectivity index (χ3v) is 7.91. The summed E-state index contributed by atoms with van der Waals surface area (Å²) in [7, 11) is -3.75. The highest BCUT2D eigenvalue weighted by Crippen LogP contribution is 2.23. The minimum Gasteiger partial charge on any atom is -0.339 e. The number of nitrogens with zero attached hydrogens (tertiary/aromatic N) is 3. The van der Waals surface area contributed by atoms with E-state index in [0.29, 0.717) is 19.6 Å². The smallest absolute Gasteiger partial charge is 0.243 e. The maximum Gasteiger partial charge on any atom is 0.243 e. The van der Waals surface area contributed by atoms with Gasteiger partial charge in [0.2, 0.25) is 15.9 Å². The monoisotopic (exact) mass is 472 g/mol. The first-order valence-corrected chi connectivity index (χ1v) is 12.1. The standard InChI is InChI=1S/C19H29BrN4O3S/c1-2-22-11-3-4-17(22)14-24(15-19(25)23-12-9-21-10-13-23)28(26,27)18-7-5-16(20)6-8-18/h5-8,17,21H,2-4,9-15H2,1H3/t17-/m0/s1. The average Bonchev–Trinajstić information content (AvgIpc) is 3.15. The Morgan fingerprint density at radius 3 is 2.54 bits per heavy atom. The summed E-state index contributed by atoms with van der Waals surface area (Å²) in [5, 5.41) is 3.22. The molecular weight excluding hydrogens is 444 g/mol. The number of carbonyl (C=O) groups is 1. The van der Waals surface area contributed by atoms with Crippen LogP contribution in [-0.4, -0.2) is 86.8 Å². The minimum absolute atomic E-state index is 0.105. The molecule has 1 aromatic rings. The zero-order chi connectivity index (χ0) is 20.1. The second kappa shape index (κ2) is 9.67. The van der Waals surface area contributed by atoms with Crippen molar-refractivity contribution in [2.45, 2.75) is 30.7 Å². The van der Waals surface area contributed by atoms with Crippen molar-refractivity contribution in [1.82, 2.24) is 19.4 Å². The van der Waals surface area contributed by atoms with E-state index in [1.54, 1.807) is 29.2 Å².